The lowest BCUT2D eigenvalue weighted by Crippen LogP contribution is -2.26. The van der Waals surface area contributed by atoms with Gasteiger partial charge in [-0.05, 0) is 29.0 Å². The number of carbonyl (C=O) groups is 1. The molecule has 1 aromatic rings. The molecule has 0 N–H and O–H groups in total. The summed E-state index contributed by atoms with van der Waals surface area (Å²) in [6.07, 6.45) is 0.879. The lowest BCUT2D eigenvalue weighted by Gasteiger charge is -2.14. The molecule has 1 aliphatic heterocycles. The average molecular weight is 318 g/mol. The molecular formula is C10H11IN2O2. The van der Waals surface area contributed by atoms with Crippen molar-refractivity contribution in [1.29, 1.82) is 0 Å². The molecule has 5 heteroatoms. The van der Waals surface area contributed by atoms with E-state index in [1.165, 1.54) is 0 Å². The second kappa shape index (κ2) is 3.96. The number of aromatic nitrogens is 1. The van der Waals surface area contributed by atoms with Crippen molar-refractivity contribution in [1.82, 2.24) is 4.98 Å². The van der Waals surface area contributed by atoms with Crippen molar-refractivity contribution in [2.45, 2.75) is 13.3 Å². The molecule has 15 heavy (non-hydrogen) atoms. The third-order valence-corrected chi connectivity index (χ3v) is 3.42. The Kier molecular flexibility index (Phi) is 2.81. The average Bonchev–Trinajstić information content (AvgIpc) is 2.61. The number of pyridine rings is 1. The first-order valence-corrected chi connectivity index (χ1v) is 5.73. The van der Waals surface area contributed by atoms with Crippen LogP contribution in [-0.4, -0.2) is 24.5 Å². The molecule has 80 valence electrons. The first kappa shape index (κ1) is 10.7. The number of ether oxygens (including phenoxy) is 1. The molecule has 4 nitrogen and oxygen atoms in total. The van der Waals surface area contributed by atoms with E-state index >= 15 is 0 Å². The largest absolute Gasteiger partial charge is 0.481 e. The van der Waals surface area contributed by atoms with Gasteiger partial charge < -0.3 is 4.74 Å². The minimum atomic E-state index is 0.0327. The van der Waals surface area contributed by atoms with E-state index < -0.39 is 0 Å². The Labute approximate surface area is 102 Å². The van der Waals surface area contributed by atoms with Crippen molar-refractivity contribution in [3.05, 3.63) is 15.2 Å². The Balaban J connectivity index is 2.51. The van der Waals surface area contributed by atoms with E-state index in [2.05, 4.69) is 27.6 Å². The molecule has 0 radical (unpaired) electrons. The highest BCUT2D eigenvalue weighted by Crippen LogP contribution is 2.32. The van der Waals surface area contributed by atoms with Crippen LogP contribution in [0.3, 0.4) is 0 Å². The van der Waals surface area contributed by atoms with Crippen molar-refractivity contribution in [3.63, 3.8) is 0 Å². The number of amides is 1. The van der Waals surface area contributed by atoms with Crippen LogP contribution in [0.5, 0.6) is 5.88 Å². The highest BCUT2D eigenvalue weighted by Gasteiger charge is 2.26. The minimum Gasteiger partial charge on any atom is -0.481 e. The van der Waals surface area contributed by atoms with E-state index in [9.17, 15) is 4.79 Å². The standard InChI is InChI=1S/C10H11IN2O2/c1-6(14)13-4-3-7-8(11)5-9(15-2)12-10(7)13/h5H,3-4H2,1-2H3. The fraction of sp³-hybridized carbons (Fsp3) is 0.400. The fourth-order valence-corrected chi connectivity index (χ4v) is 2.48. The summed E-state index contributed by atoms with van der Waals surface area (Å²) in [6, 6.07) is 1.89. The zero-order valence-electron chi connectivity index (χ0n) is 8.58. The summed E-state index contributed by atoms with van der Waals surface area (Å²) in [5.74, 6) is 1.35. The van der Waals surface area contributed by atoms with Gasteiger partial charge >= 0.3 is 0 Å². The van der Waals surface area contributed by atoms with Crippen LogP contribution >= 0.6 is 22.6 Å². The van der Waals surface area contributed by atoms with Crippen LogP contribution in [0.1, 0.15) is 12.5 Å². The Bertz CT molecular complexity index is 420. The second-order valence-corrected chi connectivity index (χ2v) is 4.53. The number of methoxy groups -OCH3 is 1. The van der Waals surface area contributed by atoms with Gasteiger partial charge in [0.15, 0.2) is 0 Å². The number of hydrogen-bond donors (Lipinski definition) is 0. The molecule has 0 aliphatic carbocycles. The van der Waals surface area contributed by atoms with Gasteiger partial charge in [-0.3, -0.25) is 9.69 Å². The van der Waals surface area contributed by atoms with E-state index in [1.807, 2.05) is 6.07 Å². The Morgan fingerprint density at radius 3 is 3.00 bits per heavy atom. The number of carbonyl (C=O) groups excluding carboxylic acids is 1. The van der Waals surface area contributed by atoms with Crippen molar-refractivity contribution in [2.75, 3.05) is 18.6 Å². The molecule has 2 heterocycles. The van der Waals surface area contributed by atoms with Gasteiger partial charge in [0.1, 0.15) is 5.82 Å². The molecule has 0 aromatic carbocycles. The van der Waals surface area contributed by atoms with Crippen LogP contribution in [0.15, 0.2) is 6.07 Å². The molecule has 0 atom stereocenters. The lowest BCUT2D eigenvalue weighted by atomic mass is 10.2. The molecule has 0 saturated carbocycles. The molecule has 2 rings (SSSR count). The molecule has 1 amide bonds. The summed E-state index contributed by atoms with van der Waals surface area (Å²) in [4.78, 5) is 17.4. The maximum absolute atomic E-state index is 11.4. The lowest BCUT2D eigenvalue weighted by molar-refractivity contribution is -0.116. The molecule has 0 fully saturated rings. The van der Waals surface area contributed by atoms with Crippen LogP contribution in [0.25, 0.3) is 0 Å². The first-order chi connectivity index (χ1) is 7.13. The maximum atomic E-state index is 11.4. The fourth-order valence-electron chi connectivity index (χ4n) is 1.70. The van der Waals surface area contributed by atoms with Crippen molar-refractivity contribution in [3.8, 4) is 5.88 Å². The number of hydrogen-bond acceptors (Lipinski definition) is 3. The molecule has 1 aromatic heterocycles. The van der Waals surface area contributed by atoms with E-state index in [0.717, 1.165) is 27.9 Å². The molecule has 0 unspecified atom stereocenters. The highest BCUT2D eigenvalue weighted by molar-refractivity contribution is 14.1. The van der Waals surface area contributed by atoms with Crippen LogP contribution in [0.2, 0.25) is 0 Å². The number of fused-ring (bicyclic) bond motifs is 1. The van der Waals surface area contributed by atoms with Crippen molar-refractivity contribution < 1.29 is 9.53 Å². The van der Waals surface area contributed by atoms with Crippen molar-refractivity contribution >= 4 is 34.3 Å². The normalized spacial score (nSPS) is 13.9. The maximum Gasteiger partial charge on any atom is 0.225 e. The highest BCUT2D eigenvalue weighted by atomic mass is 127. The minimum absolute atomic E-state index is 0.0327. The van der Waals surface area contributed by atoms with Gasteiger partial charge in [-0.1, -0.05) is 0 Å². The first-order valence-electron chi connectivity index (χ1n) is 4.65. The molecule has 1 aliphatic rings. The van der Waals surface area contributed by atoms with Gasteiger partial charge in [0, 0.05) is 28.7 Å². The zero-order valence-corrected chi connectivity index (χ0v) is 10.7. The number of halogens is 1. The summed E-state index contributed by atoms with van der Waals surface area (Å²) < 4.78 is 6.20. The zero-order chi connectivity index (χ0) is 11.0. The van der Waals surface area contributed by atoms with E-state index in [1.54, 1.807) is 18.9 Å². The van der Waals surface area contributed by atoms with E-state index in [4.69, 9.17) is 4.74 Å². The summed E-state index contributed by atoms with van der Waals surface area (Å²) in [6.45, 7) is 2.28. The third-order valence-electron chi connectivity index (χ3n) is 2.45. The van der Waals surface area contributed by atoms with E-state index in [0.29, 0.717) is 5.88 Å². The van der Waals surface area contributed by atoms with Gasteiger partial charge in [-0.15, -0.1) is 0 Å². The van der Waals surface area contributed by atoms with Gasteiger partial charge in [-0.25, -0.2) is 0 Å². The summed E-state index contributed by atoms with van der Waals surface area (Å²) in [5.41, 5.74) is 1.14. The number of anilines is 1. The van der Waals surface area contributed by atoms with Crippen molar-refractivity contribution in [2.24, 2.45) is 0 Å². The van der Waals surface area contributed by atoms with Crippen LogP contribution in [0.4, 0.5) is 5.82 Å². The Hall–Kier alpha value is -0.850. The third kappa shape index (κ3) is 1.80. The number of nitrogens with zero attached hydrogens (tertiary/aromatic N) is 2. The van der Waals surface area contributed by atoms with Gasteiger partial charge in [0.05, 0.1) is 7.11 Å². The summed E-state index contributed by atoms with van der Waals surface area (Å²) in [5, 5.41) is 0. The topological polar surface area (TPSA) is 42.4 Å². The summed E-state index contributed by atoms with van der Waals surface area (Å²) in [7, 11) is 1.58. The second-order valence-electron chi connectivity index (χ2n) is 3.37. The number of rotatable bonds is 1. The summed E-state index contributed by atoms with van der Waals surface area (Å²) >= 11 is 2.25. The Morgan fingerprint density at radius 2 is 2.40 bits per heavy atom. The van der Waals surface area contributed by atoms with Crippen LogP contribution in [-0.2, 0) is 11.2 Å². The Morgan fingerprint density at radius 1 is 1.67 bits per heavy atom. The smallest absolute Gasteiger partial charge is 0.225 e. The van der Waals surface area contributed by atoms with Crippen LogP contribution < -0.4 is 9.64 Å². The molecule has 0 saturated heterocycles. The molecule has 0 bridgehead atoms. The predicted molar refractivity (Wildman–Crippen MR) is 65.2 cm³/mol. The van der Waals surface area contributed by atoms with Gasteiger partial charge in [0.25, 0.3) is 0 Å². The van der Waals surface area contributed by atoms with Gasteiger partial charge in [0.2, 0.25) is 11.8 Å². The van der Waals surface area contributed by atoms with Gasteiger partial charge in [-0.2, -0.15) is 4.98 Å². The quantitative estimate of drug-likeness (QED) is 0.739. The van der Waals surface area contributed by atoms with Crippen LogP contribution in [0, 0.1) is 3.57 Å². The SMILES string of the molecule is COc1cc(I)c2c(n1)N(C(C)=O)CC2. The monoisotopic (exact) mass is 318 g/mol. The molecule has 0 spiro atoms. The predicted octanol–water partition coefficient (Wildman–Crippen LogP) is 1.60. The van der Waals surface area contributed by atoms with E-state index in [-0.39, 0.29) is 5.91 Å². The molecular weight excluding hydrogens is 307 g/mol.